The number of aryl methyl sites for hydroxylation is 1. The van der Waals surface area contributed by atoms with Gasteiger partial charge in [0.05, 0.1) is 20.6 Å². The topological polar surface area (TPSA) is 47.6 Å². The lowest BCUT2D eigenvalue weighted by atomic mass is 9.89. The van der Waals surface area contributed by atoms with Crippen LogP contribution in [-0.4, -0.2) is 32.3 Å². The number of ether oxygens (including phenoxy) is 2. The summed E-state index contributed by atoms with van der Waals surface area (Å²) in [5.74, 6) is 0.691. The van der Waals surface area contributed by atoms with Crippen molar-refractivity contribution in [3.63, 3.8) is 0 Å². The van der Waals surface area contributed by atoms with Crippen molar-refractivity contribution in [2.45, 2.75) is 45.1 Å². The molecular formula is C17H27NO3. The largest absolute Gasteiger partial charge is 0.497 e. The highest BCUT2D eigenvalue weighted by Crippen LogP contribution is 2.20. The Morgan fingerprint density at radius 1 is 1.24 bits per heavy atom. The van der Waals surface area contributed by atoms with Gasteiger partial charge in [0.1, 0.15) is 5.75 Å². The SMILES string of the molecule is CCCNC(C)(CCc1ccc(OC)cc1)CC(=O)OC. The predicted octanol–water partition coefficient (Wildman–Crippen LogP) is 2.95. The Kier molecular flexibility index (Phi) is 7.23. The van der Waals surface area contributed by atoms with Crippen LogP contribution in [0.5, 0.6) is 5.75 Å². The lowest BCUT2D eigenvalue weighted by molar-refractivity contribution is -0.142. The number of benzene rings is 1. The summed E-state index contributed by atoms with van der Waals surface area (Å²) in [7, 11) is 3.10. The molecule has 0 radical (unpaired) electrons. The Labute approximate surface area is 127 Å². The minimum Gasteiger partial charge on any atom is -0.497 e. The number of hydrogen-bond donors (Lipinski definition) is 1. The maximum Gasteiger partial charge on any atom is 0.307 e. The maximum absolute atomic E-state index is 11.6. The van der Waals surface area contributed by atoms with E-state index in [1.54, 1.807) is 7.11 Å². The lowest BCUT2D eigenvalue weighted by Crippen LogP contribution is -2.45. The van der Waals surface area contributed by atoms with Crippen molar-refractivity contribution >= 4 is 5.97 Å². The van der Waals surface area contributed by atoms with Crippen LogP contribution in [-0.2, 0) is 16.0 Å². The van der Waals surface area contributed by atoms with Gasteiger partial charge >= 0.3 is 5.97 Å². The Morgan fingerprint density at radius 3 is 2.43 bits per heavy atom. The molecule has 118 valence electrons. The van der Waals surface area contributed by atoms with Gasteiger partial charge in [0.2, 0.25) is 0 Å². The third-order valence-electron chi connectivity index (χ3n) is 3.69. The quantitative estimate of drug-likeness (QED) is 0.711. The van der Waals surface area contributed by atoms with Crippen molar-refractivity contribution in [1.82, 2.24) is 5.32 Å². The molecule has 1 atom stereocenters. The summed E-state index contributed by atoms with van der Waals surface area (Å²) in [5.41, 5.74) is 1.01. The van der Waals surface area contributed by atoms with Crippen molar-refractivity contribution in [2.75, 3.05) is 20.8 Å². The number of hydrogen-bond acceptors (Lipinski definition) is 4. The van der Waals surface area contributed by atoms with E-state index in [4.69, 9.17) is 9.47 Å². The molecule has 0 bridgehead atoms. The number of esters is 1. The highest BCUT2D eigenvalue weighted by atomic mass is 16.5. The van der Waals surface area contributed by atoms with Gasteiger partial charge in [-0.25, -0.2) is 0 Å². The van der Waals surface area contributed by atoms with Gasteiger partial charge < -0.3 is 14.8 Å². The van der Waals surface area contributed by atoms with Crippen LogP contribution in [0.2, 0.25) is 0 Å². The smallest absolute Gasteiger partial charge is 0.307 e. The summed E-state index contributed by atoms with van der Waals surface area (Å²) in [5, 5.41) is 3.48. The minimum atomic E-state index is -0.233. The molecule has 0 fully saturated rings. The third-order valence-corrected chi connectivity index (χ3v) is 3.69. The normalized spacial score (nSPS) is 13.5. The first-order valence-corrected chi connectivity index (χ1v) is 7.48. The zero-order valence-electron chi connectivity index (χ0n) is 13.6. The van der Waals surface area contributed by atoms with E-state index in [2.05, 4.69) is 31.3 Å². The van der Waals surface area contributed by atoms with Crippen LogP contribution in [0.4, 0.5) is 0 Å². The van der Waals surface area contributed by atoms with E-state index < -0.39 is 0 Å². The summed E-state index contributed by atoms with van der Waals surface area (Å²) in [4.78, 5) is 11.6. The van der Waals surface area contributed by atoms with Gasteiger partial charge in [-0.3, -0.25) is 4.79 Å². The van der Waals surface area contributed by atoms with Crippen molar-refractivity contribution in [2.24, 2.45) is 0 Å². The summed E-state index contributed by atoms with van der Waals surface area (Å²) in [6.07, 6.45) is 3.22. The molecule has 0 saturated heterocycles. The van der Waals surface area contributed by atoms with Crippen molar-refractivity contribution in [3.8, 4) is 5.75 Å². The second kappa shape index (κ2) is 8.67. The van der Waals surface area contributed by atoms with Gasteiger partial charge in [-0.15, -0.1) is 0 Å². The van der Waals surface area contributed by atoms with E-state index in [0.717, 1.165) is 31.6 Å². The summed E-state index contributed by atoms with van der Waals surface area (Å²) in [6, 6.07) is 8.06. The Balaban J connectivity index is 2.64. The molecule has 1 aromatic carbocycles. The van der Waals surface area contributed by atoms with Crippen LogP contribution in [0.3, 0.4) is 0 Å². The highest BCUT2D eigenvalue weighted by molar-refractivity contribution is 5.70. The van der Waals surface area contributed by atoms with Crippen LogP contribution in [0.25, 0.3) is 0 Å². The number of rotatable bonds is 9. The number of carbonyl (C=O) groups is 1. The molecule has 4 heteroatoms. The van der Waals surface area contributed by atoms with E-state index in [0.29, 0.717) is 6.42 Å². The Morgan fingerprint density at radius 2 is 1.90 bits per heavy atom. The highest BCUT2D eigenvalue weighted by Gasteiger charge is 2.26. The van der Waals surface area contributed by atoms with Gasteiger partial charge in [0.15, 0.2) is 0 Å². The second-order valence-electron chi connectivity index (χ2n) is 5.59. The van der Waals surface area contributed by atoms with E-state index in [-0.39, 0.29) is 11.5 Å². The molecule has 4 nitrogen and oxygen atoms in total. The van der Waals surface area contributed by atoms with Crippen LogP contribution in [0.15, 0.2) is 24.3 Å². The molecule has 0 amide bonds. The van der Waals surface area contributed by atoms with Gasteiger partial charge in [0.25, 0.3) is 0 Å². The first-order valence-electron chi connectivity index (χ1n) is 7.48. The molecule has 0 spiro atoms. The molecule has 21 heavy (non-hydrogen) atoms. The van der Waals surface area contributed by atoms with Gasteiger partial charge in [0, 0.05) is 5.54 Å². The van der Waals surface area contributed by atoms with Crippen LogP contribution >= 0.6 is 0 Å². The molecule has 0 heterocycles. The van der Waals surface area contributed by atoms with Crippen LogP contribution in [0.1, 0.15) is 38.7 Å². The summed E-state index contributed by atoms with van der Waals surface area (Å²) >= 11 is 0. The van der Waals surface area contributed by atoms with Gasteiger partial charge in [-0.05, 0) is 50.4 Å². The standard InChI is InChI=1S/C17H27NO3/c1-5-12-18-17(2,13-16(19)21-4)11-10-14-6-8-15(20-3)9-7-14/h6-9,18H,5,10-13H2,1-4H3. The molecule has 0 saturated carbocycles. The average Bonchev–Trinajstić information content (AvgIpc) is 2.51. The molecule has 1 unspecified atom stereocenters. The maximum atomic E-state index is 11.6. The summed E-state index contributed by atoms with van der Waals surface area (Å²) < 4.78 is 9.97. The summed E-state index contributed by atoms with van der Waals surface area (Å²) in [6.45, 7) is 5.11. The molecule has 1 rings (SSSR count). The fourth-order valence-corrected chi connectivity index (χ4v) is 2.27. The zero-order chi connectivity index (χ0) is 15.7. The predicted molar refractivity (Wildman–Crippen MR) is 84.6 cm³/mol. The van der Waals surface area contributed by atoms with E-state index in [9.17, 15) is 4.79 Å². The fraction of sp³-hybridized carbons (Fsp3) is 0.588. The minimum absolute atomic E-state index is 0.171. The molecule has 0 aromatic heterocycles. The number of carbonyl (C=O) groups excluding carboxylic acids is 1. The zero-order valence-corrected chi connectivity index (χ0v) is 13.6. The Hall–Kier alpha value is -1.55. The van der Waals surface area contributed by atoms with Crippen molar-refractivity contribution < 1.29 is 14.3 Å². The first-order chi connectivity index (χ1) is 10.0. The molecule has 0 aliphatic rings. The average molecular weight is 293 g/mol. The lowest BCUT2D eigenvalue weighted by Gasteiger charge is -2.30. The van der Waals surface area contributed by atoms with Crippen LogP contribution < -0.4 is 10.1 Å². The second-order valence-corrected chi connectivity index (χ2v) is 5.59. The van der Waals surface area contributed by atoms with E-state index >= 15 is 0 Å². The van der Waals surface area contributed by atoms with E-state index in [1.807, 2.05) is 12.1 Å². The first kappa shape index (κ1) is 17.5. The van der Waals surface area contributed by atoms with Gasteiger partial charge in [-0.1, -0.05) is 19.1 Å². The number of methoxy groups -OCH3 is 2. The van der Waals surface area contributed by atoms with E-state index in [1.165, 1.54) is 12.7 Å². The molecule has 1 N–H and O–H groups in total. The molecule has 1 aromatic rings. The number of nitrogens with one attached hydrogen (secondary N) is 1. The van der Waals surface area contributed by atoms with Crippen molar-refractivity contribution in [1.29, 1.82) is 0 Å². The monoisotopic (exact) mass is 293 g/mol. The third kappa shape index (κ3) is 6.17. The fourth-order valence-electron chi connectivity index (χ4n) is 2.27. The molecule has 0 aliphatic heterocycles. The Bertz CT molecular complexity index is 430. The van der Waals surface area contributed by atoms with Crippen LogP contribution in [0, 0.1) is 0 Å². The van der Waals surface area contributed by atoms with Gasteiger partial charge in [-0.2, -0.15) is 0 Å². The molecule has 0 aliphatic carbocycles. The molecular weight excluding hydrogens is 266 g/mol. The van der Waals surface area contributed by atoms with Crippen molar-refractivity contribution in [3.05, 3.63) is 29.8 Å².